The van der Waals surface area contributed by atoms with Crippen LogP contribution in [-0.4, -0.2) is 128 Å². The maximum atomic E-state index is 12.4. The Balaban J connectivity index is 1.32. The van der Waals surface area contributed by atoms with E-state index in [0.717, 1.165) is 37.7 Å². The van der Waals surface area contributed by atoms with Gasteiger partial charge in [0, 0.05) is 11.3 Å². The van der Waals surface area contributed by atoms with Crippen LogP contribution in [0.3, 0.4) is 0 Å². The Morgan fingerprint density at radius 3 is 2.21 bits per heavy atom. The lowest BCUT2D eigenvalue weighted by Crippen LogP contribution is -2.63. The standard InChI is InChI=1S/C41H68O12/c1-20(2)10-9-11-21(3)29-26(51-37-34(49)32(47)31(46)27(18-42)52-37)17-41(8)35-24(43)16-23-22(39(35,6)14-15-40(29,41)7)12-13-28(38(23,4)5)53-36-33(48)30(45)25(44)19-50-36/h10,16,21-22,24-37,42-49H,9,11-15,17-19H2,1-8H3/t21-,22-,24+,25-,26+,27-,28+,29+,30+,31-,32+,33-,34-,35-,36+,37-,39+,40-,41+/m1/s1. The molecule has 12 heteroatoms. The summed E-state index contributed by atoms with van der Waals surface area (Å²) >= 11 is 0. The molecule has 0 bridgehead atoms. The summed E-state index contributed by atoms with van der Waals surface area (Å²) in [5.41, 5.74) is 0.950. The van der Waals surface area contributed by atoms with Crippen LogP contribution in [0.25, 0.3) is 0 Å². The molecule has 0 amide bonds. The zero-order chi connectivity index (χ0) is 39.0. The molecule has 19 atom stereocenters. The minimum atomic E-state index is -1.53. The van der Waals surface area contributed by atoms with Crippen LogP contribution >= 0.6 is 0 Å². The van der Waals surface area contributed by atoms with Crippen molar-refractivity contribution in [2.24, 2.45) is 45.3 Å². The number of aliphatic hydroxyl groups excluding tert-OH is 8. The van der Waals surface area contributed by atoms with E-state index < -0.39 is 78.8 Å². The van der Waals surface area contributed by atoms with Crippen LogP contribution in [0.4, 0.5) is 0 Å². The first-order valence-corrected chi connectivity index (χ1v) is 20.0. The van der Waals surface area contributed by atoms with Crippen molar-refractivity contribution in [3.63, 3.8) is 0 Å². The van der Waals surface area contributed by atoms with E-state index in [1.165, 1.54) is 5.57 Å². The number of rotatable bonds is 9. The van der Waals surface area contributed by atoms with E-state index in [0.29, 0.717) is 12.8 Å². The highest BCUT2D eigenvalue weighted by Gasteiger charge is 2.72. The smallest absolute Gasteiger partial charge is 0.186 e. The van der Waals surface area contributed by atoms with Gasteiger partial charge in [0.15, 0.2) is 12.6 Å². The normalized spacial score (nSPS) is 51.4. The van der Waals surface area contributed by atoms with E-state index in [1.54, 1.807) is 0 Å². The zero-order valence-electron chi connectivity index (χ0n) is 33.0. The summed E-state index contributed by atoms with van der Waals surface area (Å²) in [7, 11) is 0. The molecule has 8 N–H and O–H groups in total. The highest BCUT2D eigenvalue weighted by atomic mass is 16.7. The number of allylic oxidation sites excluding steroid dienone is 2. The second kappa shape index (κ2) is 15.1. The maximum absolute atomic E-state index is 12.4. The lowest BCUT2D eigenvalue weighted by atomic mass is 9.38. The molecule has 6 aliphatic rings. The van der Waals surface area contributed by atoms with Crippen LogP contribution in [0, 0.1) is 45.3 Å². The Bertz CT molecular complexity index is 1360. The molecular formula is C41H68O12. The average Bonchev–Trinajstić information content (AvgIpc) is 3.31. The van der Waals surface area contributed by atoms with Crippen molar-refractivity contribution >= 4 is 0 Å². The Morgan fingerprint density at radius 1 is 0.868 bits per heavy atom. The summed E-state index contributed by atoms with van der Waals surface area (Å²) in [6.45, 7) is 17.0. The lowest BCUT2D eigenvalue weighted by molar-refractivity contribution is -0.315. The van der Waals surface area contributed by atoms with Crippen LogP contribution in [0.5, 0.6) is 0 Å². The first-order valence-electron chi connectivity index (χ1n) is 20.0. The van der Waals surface area contributed by atoms with Crippen molar-refractivity contribution in [2.45, 2.75) is 174 Å². The highest BCUT2D eigenvalue weighted by molar-refractivity contribution is 5.33. The minimum Gasteiger partial charge on any atom is -0.394 e. The quantitative estimate of drug-likeness (QED) is 0.161. The van der Waals surface area contributed by atoms with Gasteiger partial charge < -0.3 is 59.8 Å². The molecule has 0 aromatic heterocycles. The van der Waals surface area contributed by atoms with Crippen LogP contribution < -0.4 is 0 Å². The lowest BCUT2D eigenvalue weighted by Gasteiger charge is -2.67. The van der Waals surface area contributed by atoms with E-state index in [2.05, 4.69) is 67.5 Å². The third-order valence-corrected chi connectivity index (χ3v) is 15.5. The molecule has 5 fully saturated rings. The molecule has 0 aromatic carbocycles. The van der Waals surface area contributed by atoms with Crippen molar-refractivity contribution in [2.75, 3.05) is 13.2 Å². The number of hydrogen-bond acceptors (Lipinski definition) is 12. The summed E-state index contributed by atoms with van der Waals surface area (Å²) in [6.07, 6.45) is -3.26. The van der Waals surface area contributed by atoms with Gasteiger partial charge in [0.05, 0.1) is 31.5 Å². The first kappa shape index (κ1) is 41.6. The van der Waals surface area contributed by atoms with E-state index in [-0.39, 0.29) is 53.3 Å². The number of fused-ring (bicyclic) bond motifs is 5. The van der Waals surface area contributed by atoms with Crippen molar-refractivity contribution in [3.8, 4) is 0 Å². The maximum Gasteiger partial charge on any atom is 0.186 e. The van der Waals surface area contributed by atoms with Gasteiger partial charge in [-0.25, -0.2) is 0 Å². The fraction of sp³-hybridized carbons (Fsp3) is 0.902. The van der Waals surface area contributed by atoms with Crippen LogP contribution in [0.1, 0.15) is 100 Å². The number of aliphatic hydroxyl groups is 8. The van der Waals surface area contributed by atoms with Gasteiger partial charge in [-0.1, -0.05) is 64.8 Å². The molecule has 2 saturated heterocycles. The van der Waals surface area contributed by atoms with Gasteiger partial charge in [0.25, 0.3) is 0 Å². The van der Waals surface area contributed by atoms with Gasteiger partial charge in [-0.05, 0) is 92.8 Å². The fourth-order valence-electron chi connectivity index (χ4n) is 12.4. The second-order valence-corrected chi connectivity index (χ2v) is 19.1. The molecule has 12 nitrogen and oxygen atoms in total. The Hall–Kier alpha value is -1.00. The van der Waals surface area contributed by atoms with Gasteiger partial charge in [-0.2, -0.15) is 0 Å². The molecule has 4 aliphatic carbocycles. The highest BCUT2D eigenvalue weighted by Crippen LogP contribution is 2.75. The molecular weight excluding hydrogens is 684 g/mol. The SMILES string of the molecule is CC(C)=CCC[C@@H](C)[C@H]1[C@@H](O[C@@H]2O[C@H](CO)[C@@H](O)[C@H](O)[C@H]2O)C[C@@]2(C)[C@@H]3[C@@H](O)C=C4[C@@H](CC[C@H](O[C@@H]5OC[C@@H](O)[C@H](O)[C@H]5O)C4(C)C)[C@]3(C)CC[C@]12C. The summed E-state index contributed by atoms with van der Waals surface area (Å²) < 4.78 is 24.7. The van der Waals surface area contributed by atoms with Gasteiger partial charge in [0.1, 0.15) is 42.7 Å². The fourth-order valence-corrected chi connectivity index (χ4v) is 12.4. The monoisotopic (exact) mass is 752 g/mol. The second-order valence-electron chi connectivity index (χ2n) is 19.1. The largest absolute Gasteiger partial charge is 0.394 e. The molecule has 0 unspecified atom stereocenters. The summed E-state index contributed by atoms with van der Waals surface area (Å²) in [6, 6.07) is 0. The van der Waals surface area contributed by atoms with Gasteiger partial charge in [0.2, 0.25) is 0 Å². The summed E-state index contributed by atoms with van der Waals surface area (Å²) in [5.74, 6) is 0.290. The topological polar surface area (TPSA) is 199 Å². The Labute approximate surface area is 315 Å². The molecule has 3 saturated carbocycles. The zero-order valence-corrected chi connectivity index (χ0v) is 33.0. The van der Waals surface area contributed by atoms with Crippen LogP contribution in [-0.2, 0) is 18.9 Å². The Kier molecular flexibility index (Phi) is 11.8. The molecule has 2 aliphatic heterocycles. The summed E-state index contributed by atoms with van der Waals surface area (Å²) in [4.78, 5) is 0. The van der Waals surface area contributed by atoms with Crippen molar-refractivity contribution in [1.82, 2.24) is 0 Å². The predicted octanol–water partition coefficient (Wildman–Crippen LogP) is 2.56. The van der Waals surface area contributed by atoms with Crippen molar-refractivity contribution in [1.29, 1.82) is 0 Å². The van der Waals surface area contributed by atoms with Gasteiger partial charge >= 0.3 is 0 Å². The van der Waals surface area contributed by atoms with Crippen molar-refractivity contribution in [3.05, 3.63) is 23.3 Å². The van der Waals surface area contributed by atoms with E-state index >= 15 is 0 Å². The molecule has 0 aromatic rings. The third-order valence-electron chi connectivity index (χ3n) is 15.5. The molecule has 53 heavy (non-hydrogen) atoms. The number of hydrogen-bond donors (Lipinski definition) is 8. The molecule has 6 rings (SSSR count). The van der Waals surface area contributed by atoms with Crippen LogP contribution in [0.15, 0.2) is 23.3 Å². The molecule has 2 heterocycles. The molecule has 0 radical (unpaired) electrons. The van der Waals surface area contributed by atoms with Crippen molar-refractivity contribution < 1.29 is 59.8 Å². The van der Waals surface area contributed by atoms with Gasteiger partial charge in [-0.3, -0.25) is 0 Å². The van der Waals surface area contributed by atoms with Gasteiger partial charge in [-0.15, -0.1) is 0 Å². The minimum absolute atomic E-state index is 0.0314. The molecule has 304 valence electrons. The predicted molar refractivity (Wildman–Crippen MR) is 195 cm³/mol. The molecule has 0 spiro atoms. The van der Waals surface area contributed by atoms with E-state index in [1.807, 2.05) is 0 Å². The van der Waals surface area contributed by atoms with E-state index in [9.17, 15) is 40.9 Å². The van der Waals surface area contributed by atoms with Crippen LogP contribution in [0.2, 0.25) is 0 Å². The van der Waals surface area contributed by atoms with E-state index in [4.69, 9.17) is 18.9 Å². The number of ether oxygens (including phenoxy) is 4. The summed E-state index contributed by atoms with van der Waals surface area (Å²) in [5, 5.41) is 85.5. The Morgan fingerprint density at radius 2 is 1.55 bits per heavy atom. The third kappa shape index (κ3) is 6.82. The first-order chi connectivity index (χ1) is 24.7. The average molecular weight is 753 g/mol.